The molecule has 1 saturated carbocycles. The molecule has 9 heteroatoms. The number of likely N-dealkylation sites (N-methyl/N-ethyl adjacent to an activating group) is 1. The van der Waals surface area contributed by atoms with Gasteiger partial charge in [0.1, 0.15) is 6.04 Å². The number of hydrogen-bond acceptors (Lipinski definition) is 5. The van der Waals surface area contributed by atoms with E-state index >= 15 is 0 Å². The molecule has 2 aliphatic rings. The van der Waals surface area contributed by atoms with Gasteiger partial charge in [-0.3, -0.25) is 19.3 Å². The lowest BCUT2D eigenvalue weighted by molar-refractivity contribution is -0.139. The third kappa shape index (κ3) is 9.02. The highest BCUT2D eigenvalue weighted by Gasteiger charge is 2.40. The lowest BCUT2D eigenvalue weighted by Gasteiger charge is -2.50. The van der Waals surface area contributed by atoms with Gasteiger partial charge in [-0.1, -0.05) is 73.3 Å². The SMILES string of the molecule is CN(C)CC(=O)N[C@H](Cc1ccc(Cl)cc1)C(=O)N1CCN(C2(CNC(=O)Cc3ccccc3)CCCCC2)CC1. The third-order valence-electron chi connectivity index (χ3n) is 8.31. The number of carbonyl (C=O) groups is 3. The smallest absolute Gasteiger partial charge is 0.245 e. The standard InChI is InChI=1S/C32H44ClN5O3/c1-36(2)23-30(40)35-28(21-26-11-13-27(33)14-12-26)31(41)37-17-19-38(20-18-37)32(15-7-4-8-16-32)24-34-29(39)22-25-9-5-3-6-10-25/h3,5-6,9-14,28H,4,7-8,15-24H2,1-2H3,(H,34,39)(H,35,40)/t28-/m1/s1. The van der Waals surface area contributed by atoms with Gasteiger partial charge in [0.25, 0.3) is 0 Å². The van der Waals surface area contributed by atoms with Crippen LogP contribution < -0.4 is 10.6 Å². The minimum Gasteiger partial charge on any atom is -0.354 e. The second-order valence-corrected chi connectivity index (χ2v) is 12.2. The molecule has 0 spiro atoms. The van der Waals surface area contributed by atoms with E-state index in [1.807, 2.05) is 61.5 Å². The van der Waals surface area contributed by atoms with Gasteiger partial charge < -0.3 is 20.4 Å². The number of rotatable bonds is 11. The first-order valence-electron chi connectivity index (χ1n) is 14.8. The predicted molar refractivity (Wildman–Crippen MR) is 163 cm³/mol. The van der Waals surface area contributed by atoms with Gasteiger partial charge in [0.05, 0.1) is 13.0 Å². The molecule has 1 saturated heterocycles. The number of hydrogen-bond donors (Lipinski definition) is 2. The van der Waals surface area contributed by atoms with Crippen LogP contribution in [0.15, 0.2) is 54.6 Å². The van der Waals surface area contributed by atoms with Crippen molar-refractivity contribution < 1.29 is 14.4 Å². The number of nitrogens with one attached hydrogen (secondary N) is 2. The quantitative estimate of drug-likeness (QED) is 0.426. The number of piperazine rings is 1. The molecule has 0 aromatic heterocycles. The molecule has 0 bridgehead atoms. The van der Waals surface area contributed by atoms with Crippen LogP contribution in [0.1, 0.15) is 43.2 Å². The van der Waals surface area contributed by atoms with Crippen LogP contribution in [-0.2, 0) is 27.2 Å². The predicted octanol–water partition coefficient (Wildman–Crippen LogP) is 3.13. The van der Waals surface area contributed by atoms with E-state index in [1.165, 1.54) is 6.42 Å². The average Bonchev–Trinajstić information content (AvgIpc) is 2.97. The fourth-order valence-corrected chi connectivity index (χ4v) is 6.25. The van der Waals surface area contributed by atoms with Gasteiger partial charge in [-0.2, -0.15) is 0 Å². The first-order chi connectivity index (χ1) is 19.7. The molecule has 8 nitrogen and oxygen atoms in total. The van der Waals surface area contributed by atoms with Crippen LogP contribution in [0.4, 0.5) is 0 Å². The van der Waals surface area contributed by atoms with Crippen LogP contribution in [0.3, 0.4) is 0 Å². The normalized spacial score (nSPS) is 18.1. The Morgan fingerprint density at radius 1 is 0.878 bits per heavy atom. The Bertz CT molecular complexity index is 1140. The maximum absolute atomic E-state index is 13.7. The Hall–Kier alpha value is -2.94. The van der Waals surface area contributed by atoms with E-state index in [1.54, 1.807) is 17.0 Å². The highest BCUT2D eigenvalue weighted by atomic mass is 35.5. The maximum Gasteiger partial charge on any atom is 0.245 e. The van der Waals surface area contributed by atoms with Crippen LogP contribution in [0.2, 0.25) is 5.02 Å². The minimum atomic E-state index is -0.643. The molecule has 2 fully saturated rings. The molecule has 1 heterocycles. The molecule has 2 aromatic carbocycles. The first kappa shape index (κ1) is 31.0. The highest BCUT2D eigenvalue weighted by molar-refractivity contribution is 6.30. The number of nitrogens with zero attached hydrogens (tertiary/aromatic N) is 3. The van der Waals surface area contributed by atoms with Crippen molar-refractivity contribution in [2.75, 3.05) is 53.4 Å². The van der Waals surface area contributed by atoms with Crippen LogP contribution >= 0.6 is 11.6 Å². The van der Waals surface area contributed by atoms with E-state index in [-0.39, 0.29) is 29.8 Å². The minimum absolute atomic E-state index is 0.0495. The zero-order valence-electron chi connectivity index (χ0n) is 24.4. The van der Waals surface area contributed by atoms with Crippen LogP contribution in [0.25, 0.3) is 0 Å². The molecule has 1 aliphatic heterocycles. The second-order valence-electron chi connectivity index (χ2n) is 11.7. The number of carbonyl (C=O) groups excluding carboxylic acids is 3. The van der Waals surface area contributed by atoms with Gasteiger partial charge in [-0.15, -0.1) is 0 Å². The van der Waals surface area contributed by atoms with Crippen molar-refractivity contribution in [3.63, 3.8) is 0 Å². The van der Waals surface area contributed by atoms with Crippen LogP contribution in [-0.4, -0.2) is 97.4 Å². The monoisotopic (exact) mass is 581 g/mol. The van der Waals surface area contributed by atoms with Gasteiger partial charge >= 0.3 is 0 Å². The van der Waals surface area contributed by atoms with Gasteiger partial charge in [0, 0.05) is 49.7 Å². The van der Waals surface area contributed by atoms with Gasteiger partial charge in [0.15, 0.2) is 0 Å². The van der Waals surface area contributed by atoms with E-state index in [0.29, 0.717) is 37.5 Å². The summed E-state index contributed by atoms with van der Waals surface area (Å²) in [6.07, 6.45) is 6.40. The molecule has 3 amide bonds. The molecular formula is C32H44ClN5O3. The number of benzene rings is 2. The Morgan fingerprint density at radius 3 is 2.17 bits per heavy atom. The Kier molecular flexibility index (Phi) is 11.2. The lowest BCUT2D eigenvalue weighted by Crippen LogP contribution is -2.63. The van der Waals surface area contributed by atoms with Crippen LogP contribution in [0.5, 0.6) is 0 Å². The maximum atomic E-state index is 13.7. The molecule has 41 heavy (non-hydrogen) atoms. The van der Waals surface area contributed by atoms with E-state index in [4.69, 9.17) is 11.6 Å². The third-order valence-corrected chi connectivity index (χ3v) is 8.57. The Labute approximate surface area is 249 Å². The zero-order valence-corrected chi connectivity index (χ0v) is 25.2. The lowest BCUT2D eigenvalue weighted by atomic mass is 9.79. The second kappa shape index (κ2) is 14.8. The molecule has 1 aliphatic carbocycles. The molecule has 0 unspecified atom stereocenters. The molecule has 222 valence electrons. The van der Waals surface area contributed by atoms with Crippen molar-refractivity contribution in [2.45, 2.75) is 56.5 Å². The summed E-state index contributed by atoms with van der Waals surface area (Å²) in [7, 11) is 3.67. The van der Waals surface area contributed by atoms with E-state index in [9.17, 15) is 14.4 Å². The summed E-state index contributed by atoms with van der Waals surface area (Å²) in [5, 5.41) is 6.85. The summed E-state index contributed by atoms with van der Waals surface area (Å²) in [6, 6.07) is 16.6. The van der Waals surface area contributed by atoms with Crippen molar-refractivity contribution in [3.8, 4) is 0 Å². The fraction of sp³-hybridized carbons (Fsp3) is 0.531. The summed E-state index contributed by atoms with van der Waals surface area (Å²) >= 11 is 6.06. The summed E-state index contributed by atoms with van der Waals surface area (Å²) < 4.78 is 0. The van der Waals surface area contributed by atoms with E-state index in [2.05, 4.69) is 15.5 Å². The largest absolute Gasteiger partial charge is 0.354 e. The van der Waals surface area contributed by atoms with Gasteiger partial charge in [0.2, 0.25) is 17.7 Å². The average molecular weight is 582 g/mol. The summed E-state index contributed by atoms with van der Waals surface area (Å²) in [4.78, 5) is 45.4. The van der Waals surface area contributed by atoms with Crippen LogP contribution in [0, 0.1) is 0 Å². The molecule has 2 N–H and O–H groups in total. The van der Waals surface area contributed by atoms with E-state index in [0.717, 1.165) is 49.9 Å². The summed E-state index contributed by atoms with van der Waals surface area (Å²) in [5.41, 5.74) is 1.88. The Morgan fingerprint density at radius 2 is 1.54 bits per heavy atom. The molecule has 0 radical (unpaired) electrons. The molecule has 2 aromatic rings. The van der Waals surface area contributed by atoms with Crippen molar-refractivity contribution in [1.29, 1.82) is 0 Å². The zero-order chi connectivity index (χ0) is 29.2. The van der Waals surface area contributed by atoms with Gasteiger partial charge in [-0.05, 0) is 50.2 Å². The van der Waals surface area contributed by atoms with Crippen molar-refractivity contribution in [3.05, 3.63) is 70.7 Å². The topological polar surface area (TPSA) is 85.0 Å². The van der Waals surface area contributed by atoms with Crippen molar-refractivity contribution >= 4 is 29.3 Å². The molecule has 1 atom stereocenters. The van der Waals surface area contributed by atoms with Gasteiger partial charge in [-0.25, -0.2) is 0 Å². The molecular weight excluding hydrogens is 538 g/mol. The highest BCUT2D eigenvalue weighted by Crippen LogP contribution is 2.34. The number of halogens is 1. The number of amides is 3. The van der Waals surface area contributed by atoms with E-state index < -0.39 is 6.04 Å². The first-order valence-corrected chi connectivity index (χ1v) is 15.1. The van der Waals surface area contributed by atoms with Crippen molar-refractivity contribution in [2.24, 2.45) is 0 Å². The summed E-state index contributed by atoms with van der Waals surface area (Å²) in [6.45, 7) is 3.54. The molecule has 4 rings (SSSR count). The Balaban J connectivity index is 1.38. The fourth-order valence-electron chi connectivity index (χ4n) is 6.13. The summed E-state index contributed by atoms with van der Waals surface area (Å²) in [5.74, 6) is -0.178. The van der Waals surface area contributed by atoms with Crippen molar-refractivity contribution in [1.82, 2.24) is 25.3 Å².